The number of fused-ring (bicyclic) bond motifs is 1. The Kier molecular flexibility index (Phi) is 7.00. The summed E-state index contributed by atoms with van der Waals surface area (Å²) in [6.07, 6.45) is 5.25. The third-order valence-corrected chi connectivity index (χ3v) is 6.95. The summed E-state index contributed by atoms with van der Waals surface area (Å²) in [7, 11) is 1.73. The molecule has 1 aliphatic heterocycles. The van der Waals surface area contributed by atoms with Crippen molar-refractivity contribution in [2.24, 2.45) is 0 Å². The molecular formula is C29H33N5O2. The van der Waals surface area contributed by atoms with Gasteiger partial charge in [-0.3, -0.25) is 14.7 Å². The molecule has 0 spiro atoms. The number of hydrogen-bond donors (Lipinski definition) is 0. The molecule has 0 amide bonds. The number of para-hydroxylation sites is 1. The van der Waals surface area contributed by atoms with Crippen LogP contribution in [0.4, 0.5) is 5.69 Å². The van der Waals surface area contributed by atoms with Crippen molar-refractivity contribution in [1.29, 1.82) is 0 Å². The molecule has 186 valence electrons. The lowest BCUT2D eigenvalue weighted by Gasteiger charge is -2.30. The van der Waals surface area contributed by atoms with Gasteiger partial charge in [0, 0.05) is 50.4 Å². The summed E-state index contributed by atoms with van der Waals surface area (Å²) >= 11 is 0. The minimum atomic E-state index is -0.0540. The van der Waals surface area contributed by atoms with Gasteiger partial charge in [-0.25, -0.2) is 4.68 Å². The number of carbonyl (C=O) groups is 1. The van der Waals surface area contributed by atoms with Crippen LogP contribution in [0.2, 0.25) is 0 Å². The van der Waals surface area contributed by atoms with E-state index in [0.717, 1.165) is 71.9 Å². The molecule has 2 aromatic heterocycles. The zero-order valence-electron chi connectivity index (χ0n) is 21.2. The zero-order chi connectivity index (χ0) is 25.1. The van der Waals surface area contributed by atoms with Gasteiger partial charge in [-0.1, -0.05) is 24.3 Å². The second-order valence-electron chi connectivity index (χ2n) is 9.47. The van der Waals surface area contributed by atoms with Crippen LogP contribution >= 0.6 is 0 Å². The maximum absolute atomic E-state index is 12.3. The van der Waals surface area contributed by atoms with E-state index in [9.17, 15) is 4.79 Å². The number of nitrogens with zero attached hydrogens (tertiary/aromatic N) is 5. The highest BCUT2D eigenvalue weighted by Gasteiger charge is 2.28. The molecule has 1 fully saturated rings. The minimum Gasteiger partial charge on any atom is -0.494 e. The lowest BCUT2D eigenvalue weighted by atomic mass is 10.1. The molecule has 0 radical (unpaired) electrons. The van der Waals surface area contributed by atoms with E-state index < -0.39 is 0 Å². The molecule has 36 heavy (non-hydrogen) atoms. The number of Topliss-reactive ketones (excluding diaryl/α,β-unsaturated/α-hetero) is 1. The molecule has 1 atom stereocenters. The second kappa shape index (κ2) is 10.5. The Labute approximate surface area is 212 Å². The third-order valence-electron chi connectivity index (χ3n) is 6.95. The summed E-state index contributed by atoms with van der Waals surface area (Å²) in [5.74, 6) is 1.06. The topological polar surface area (TPSA) is 63.5 Å². The lowest BCUT2D eigenvalue weighted by molar-refractivity contribution is -0.118. The van der Waals surface area contributed by atoms with E-state index in [0.29, 0.717) is 6.42 Å². The SMILES string of the molecule is COc1c(C)cc2cccnc2c1N1CCCN(C(CC(C)=O)c2ccn(-c3ccccc3)n2)CC1. The number of hydrogen-bond acceptors (Lipinski definition) is 6. The van der Waals surface area contributed by atoms with Crippen molar-refractivity contribution in [1.82, 2.24) is 19.7 Å². The van der Waals surface area contributed by atoms with Crippen molar-refractivity contribution >= 4 is 22.4 Å². The van der Waals surface area contributed by atoms with Crippen LogP contribution in [0.3, 0.4) is 0 Å². The first-order chi connectivity index (χ1) is 17.5. The fourth-order valence-electron chi connectivity index (χ4n) is 5.28. The van der Waals surface area contributed by atoms with E-state index in [-0.39, 0.29) is 11.8 Å². The summed E-state index contributed by atoms with van der Waals surface area (Å²) in [6.45, 7) is 7.19. The minimum absolute atomic E-state index is 0.0540. The summed E-state index contributed by atoms with van der Waals surface area (Å²) in [5.41, 5.74) is 5.08. The number of ether oxygens (including phenoxy) is 1. The van der Waals surface area contributed by atoms with E-state index in [1.807, 2.05) is 59.5 Å². The van der Waals surface area contributed by atoms with Gasteiger partial charge < -0.3 is 9.64 Å². The molecule has 1 unspecified atom stereocenters. The van der Waals surface area contributed by atoms with Crippen molar-refractivity contribution in [2.45, 2.75) is 32.7 Å². The molecule has 1 saturated heterocycles. The van der Waals surface area contributed by atoms with Crippen molar-refractivity contribution in [3.8, 4) is 11.4 Å². The summed E-state index contributed by atoms with van der Waals surface area (Å²) in [4.78, 5) is 21.8. The normalized spacial score (nSPS) is 15.6. The van der Waals surface area contributed by atoms with Crippen molar-refractivity contribution in [3.05, 3.63) is 78.2 Å². The van der Waals surface area contributed by atoms with E-state index in [1.54, 1.807) is 14.0 Å². The number of rotatable bonds is 7. The number of methoxy groups -OCH3 is 1. The Morgan fingerprint density at radius 2 is 1.89 bits per heavy atom. The third kappa shape index (κ3) is 4.84. The Hall–Kier alpha value is -3.71. The number of pyridine rings is 1. The van der Waals surface area contributed by atoms with Crippen molar-refractivity contribution in [2.75, 3.05) is 38.2 Å². The molecule has 1 aliphatic rings. The highest BCUT2D eigenvalue weighted by molar-refractivity contribution is 5.95. The van der Waals surface area contributed by atoms with Crippen LogP contribution in [0.5, 0.6) is 5.75 Å². The highest BCUT2D eigenvalue weighted by Crippen LogP contribution is 2.39. The second-order valence-corrected chi connectivity index (χ2v) is 9.47. The van der Waals surface area contributed by atoms with E-state index in [2.05, 4.69) is 28.9 Å². The molecule has 0 bridgehead atoms. The van der Waals surface area contributed by atoms with Gasteiger partial charge in [-0.05, 0) is 56.2 Å². The average molecular weight is 484 g/mol. The molecule has 7 heteroatoms. The summed E-state index contributed by atoms with van der Waals surface area (Å²) in [5, 5.41) is 5.99. The quantitative estimate of drug-likeness (QED) is 0.370. The highest BCUT2D eigenvalue weighted by atomic mass is 16.5. The standard InChI is InChI=1S/C29H33N5O2/c1-21-19-23-9-7-13-30-27(23)28(29(21)36-3)33-15-8-14-32(17-18-33)26(20-22(2)35)25-12-16-34(31-25)24-10-5-4-6-11-24/h4-7,9-13,16,19,26H,8,14-15,17-18,20H2,1-3H3. The van der Waals surface area contributed by atoms with Gasteiger partial charge in [0.2, 0.25) is 0 Å². The van der Waals surface area contributed by atoms with Crippen LogP contribution in [-0.4, -0.2) is 58.7 Å². The number of benzene rings is 2. The number of carbonyl (C=O) groups excluding carboxylic acids is 1. The molecule has 0 aliphatic carbocycles. The van der Waals surface area contributed by atoms with Crippen molar-refractivity contribution < 1.29 is 9.53 Å². The van der Waals surface area contributed by atoms with Gasteiger partial charge >= 0.3 is 0 Å². The number of ketones is 1. The first-order valence-electron chi connectivity index (χ1n) is 12.6. The molecule has 0 N–H and O–H groups in total. The monoisotopic (exact) mass is 483 g/mol. The van der Waals surface area contributed by atoms with Gasteiger partial charge in [0.15, 0.2) is 0 Å². The summed E-state index contributed by atoms with van der Waals surface area (Å²) in [6, 6.07) is 18.3. The maximum atomic E-state index is 12.3. The van der Waals surface area contributed by atoms with Crippen LogP contribution in [0.15, 0.2) is 67.0 Å². The molecule has 3 heterocycles. The van der Waals surface area contributed by atoms with Crippen LogP contribution in [0, 0.1) is 6.92 Å². The van der Waals surface area contributed by atoms with E-state index in [4.69, 9.17) is 14.8 Å². The fourth-order valence-corrected chi connectivity index (χ4v) is 5.28. The van der Waals surface area contributed by atoms with Crippen LogP contribution < -0.4 is 9.64 Å². The van der Waals surface area contributed by atoms with Gasteiger partial charge in [0.05, 0.1) is 30.0 Å². The molecular weight excluding hydrogens is 450 g/mol. The Balaban J connectivity index is 1.43. The fraction of sp³-hybridized carbons (Fsp3) is 0.345. The zero-order valence-corrected chi connectivity index (χ0v) is 21.2. The first kappa shape index (κ1) is 24.0. The Bertz CT molecular complexity index is 1350. The van der Waals surface area contributed by atoms with Gasteiger partial charge in [-0.2, -0.15) is 5.10 Å². The summed E-state index contributed by atoms with van der Waals surface area (Å²) < 4.78 is 7.76. The lowest BCUT2D eigenvalue weighted by Crippen LogP contribution is -2.35. The predicted octanol–water partition coefficient (Wildman–Crippen LogP) is 4.97. The van der Waals surface area contributed by atoms with Crippen LogP contribution in [0.1, 0.15) is 37.1 Å². The number of anilines is 1. The first-order valence-corrected chi connectivity index (χ1v) is 12.6. The largest absolute Gasteiger partial charge is 0.494 e. The maximum Gasteiger partial charge on any atom is 0.147 e. The Morgan fingerprint density at radius 1 is 1.06 bits per heavy atom. The van der Waals surface area contributed by atoms with Crippen LogP contribution in [-0.2, 0) is 4.79 Å². The van der Waals surface area contributed by atoms with Gasteiger partial charge in [0.25, 0.3) is 0 Å². The molecule has 2 aromatic carbocycles. The van der Waals surface area contributed by atoms with E-state index >= 15 is 0 Å². The van der Waals surface area contributed by atoms with E-state index in [1.165, 1.54) is 0 Å². The molecule has 0 saturated carbocycles. The van der Waals surface area contributed by atoms with Crippen LogP contribution in [0.25, 0.3) is 16.6 Å². The molecule has 7 nitrogen and oxygen atoms in total. The van der Waals surface area contributed by atoms with Crippen molar-refractivity contribution in [3.63, 3.8) is 0 Å². The number of aromatic nitrogens is 3. The van der Waals surface area contributed by atoms with Gasteiger partial charge in [0.1, 0.15) is 17.2 Å². The predicted molar refractivity (Wildman–Crippen MR) is 143 cm³/mol. The number of aryl methyl sites for hydroxylation is 1. The Morgan fingerprint density at radius 3 is 2.67 bits per heavy atom. The molecule has 5 rings (SSSR count). The molecule has 4 aromatic rings. The smallest absolute Gasteiger partial charge is 0.147 e. The average Bonchev–Trinajstić information content (AvgIpc) is 3.25. The van der Waals surface area contributed by atoms with Gasteiger partial charge in [-0.15, -0.1) is 0 Å².